The lowest BCUT2D eigenvalue weighted by Crippen LogP contribution is -2.28. The number of hydrogen-bond donors (Lipinski definition) is 0. The van der Waals surface area contributed by atoms with Crippen LogP contribution < -0.4 is 0 Å². The Morgan fingerprint density at radius 1 is 1.64 bits per heavy atom. The zero-order valence-corrected chi connectivity index (χ0v) is 8.83. The van der Waals surface area contributed by atoms with Crippen LogP contribution in [0, 0.1) is 11.3 Å². The highest BCUT2D eigenvalue weighted by atomic mass is 16.1. The van der Waals surface area contributed by atoms with E-state index in [1.54, 1.807) is 6.08 Å². The van der Waals surface area contributed by atoms with Crippen molar-refractivity contribution in [1.29, 1.82) is 0 Å². The number of ketones is 1. The molecule has 1 unspecified atom stereocenters. The summed E-state index contributed by atoms with van der Waals surface area (Å²) in [7, 11) is 0. The van der Waals surface area contributed by atoms with Crippen molar-refractivity contribution in [2.45, 2.75) is 26.2 Å². The summed E-state index contributed by atoms with van der Waals surface area (Å²) in [6, 6.07) is 0. The molecule has 0 radical (unpaired) electrons. The van der Waals surface area contributed by atoms with Crippen molar-refractivity contribution in [3.05, 3.63) is 37.5 Å². The van der Waals surface area contributed by atoms with Crippen molar-refractivity contribution in [3.63, 3.8) is 0 Å². The molecule has 0 bridgehead atoms. The summed E-state index contributed by atoms with van der Waals surface area (Å²) >= 11 is 0. The van der Waals surface area contributed by atoms with Gasteiger partial charge in [-0.2, -0.15) is 0 Å². The molecule has 0 N–H and O–H groups in total. The van der Waals surface area contributed by atoms with Crippen LogP contribution in [0.1, 0.15) is 26.2 Å². The van der Waals surface area contributed by atoms with Gasteiger partial charge in [0.15, 0.2) is 5.78 Å². The molecule has 1 nitrogen and oxygen atoms in total. The van der Waals surface area contributed by atoms with Crippen molar-refractivity contribution in [3.8, 4) is 0 Å². The Morgan fingerprint density at radius 3 is 2.79 bits per heavy atom. The second kappa shape index (κ2) is 4.41. The second-order valence-corrected chi connectivity index (χ2v) is 4.05. The van der Waals surface area contributed by atoms with Crippen molar-refractivity contribution in [2.75, 3.05) is 0 Å². The summed E-state index contributed by atoms with van der Waals surface area (Å²) in [6.45, 7) is 9.76. The van der Waals surface area contributed by atoms with Gasteiger partial charge in [-0.15, -0.1) is 13.2 Å². The minimum Gasteiger partial charge on any atom is -0.295 e. The van der Waals surface area contributed by atoms with Crippen molar-refractivity contribution in [1.82, 2.24) is 0 Å². The molecule has 2 atom stereocenters. The molecule has 0 amide bonds. The molecule has 76 valence electrons. The van der Waals surface area contributed by atoms with Gasteiger partial charge in [0.2, 0.25) is 0 Å². The molecule has 0 heterocycles. The fourth-order valence-corrected chi connectivity index (χ4v) is 2.02. The lowest BCUT2D eigenvalue weighted by Gasteiger charge is -2.36. The summed E-state index contributed by atoms with van der Waals surface area (Å²) < 4.78 is 0. The Morgan fingerprint density at radius 2 is 2.36 bits per heavy atom. The normalized spacial score (nSPS) is 28.5. The van der Waals surface area contributed by atoms with E-state index in [1.807, 2.05) is 18.2 Å². The third-order valence-corrected chi connectivity index (χ3v) is 3.22. The summed E-state index contributed by atoms with van der Waals surface area (Å²) in [5, 5.41) is 0. The summed E-state index contributed by atoms with van der Waals surface area (Å²) in [6.07, 6.45) is 10.2. The molecule has 0 aromatic carbocycles. The highest BCUT2D eigenvalue weighted by Crippen LogP contribution is 2.41. The molecule has 0 saturated carbocycles. The molecule has 0 aromatic rings. The molecule has 14 heavy (non-hydrogen) atoms. The van der Waals surface area contributed by atoms with E-state index < -0.39 is 0 Å². The maximum absolute atomic E-state index is 11.1. The SMILES string of the molecule is C=CC[C@@]1(C(C)C=C)C=CC(=O)CC1. The van der Waals surface area contributed by atoms with Gasteiger partial charge in [0.25, 0.3) is 0 Å². The second-order valence-electron chi connectivity index (χ2n) is 4.05. The van der Waals surface area contributed by atoms with Gasteiger partial charge in [-0.3, -0.25) is 4.79 Å². The first-order valence-corrected chi connectivity index (χ1v) is 5.10. The highest BCUT2D eigenvalue weighted by Gasteiger charge is 2.33. The molecule has 1 heteroatoms. The minimum atomic E-state index is 0.0808. The van der Waals surface area contributed by atoms with Crippen LogP contribution in [0.4, 0.5) is 0 Å². The first-order valence-electron chi connectivity index (χ1n) is 5.10. The van der Waals surface area contributed by atoms with Crippen LogP contribution in [0.2, 0.25) is 0 Å². The van der Waals surface area contributed by atoms with Gasteiger partial charge in [-0.05, 0) is 30.3 Å². The molecule has 0 aromatic heterocycles. The summed E-state index contributed by atoms with van der Waals surface area (Å²) in [5.74, 6) is 0.630. The van der Waals surface area contributed by atoms with Gasteiger partial charge in [0, 0.05) is 6.42 Å². The Labute approximate surface area is 86.2 Å². The molecular formula is C13H18O. The zero-order valence-electron chi connectivity index (χ0n) is 8.83. The average Bonchev–Trinajstić information content (AvgIpc) is 2.21. The van der Waals surface area contributed by atoms with Gasteiger partial charge < -0.3 is 0 Å². The van der Waals surface area contributed by atoms with Crippen LogP contribution in [0.25, 0.3) is 0 Å². The largest absolute Gasteiger partial charge is 0.295 e. The van der Waals surface area contributed by atoms with Crippen LogP contribution in [0.15, 0.2) is 37.5 Å². The maximum Gasteiger partial charge on any atom is 0.155 e. The van der Waals surface area contributed by atoms with Gasteiger partial charge in [0.1, 0.15) is 0 Å². The smallest absolute Gasteiger partial charge is 0.155 e. The van der Waals surface area contributed by atoms with E-state index in [9.17, 15) is 4.79 Å². The van der Waals surface area contributed by atoms with Gasteiger partial charge in [-0.1, -0.05) is 25.2 Å². The molecule has 0 saturated heterocycles. The third kappa shape index (κ3) is 2.03. The first kappa shape index (κ1) is 11.0. The first-order chi connectivity index (χ1) is 6.64. The predicted molar refractivity (Wildman–Crippen MR) is 60.0 cm³/mol. The number of carbonyl (C=O) groups excluding carboxylic acids is 1. The van der Waals surface area contributed by atoms with Gasteiger partial charge in [-0.25, -0.2) is 0 Å². The van der Waals surface area contributed by atoms with Crippen molar-refractivity contribution < 1.29 is 4.79 Å². The van der Waals surface area contributed by atoms with Crippen LogP contribution in [-0.2, 0) is 4.79 Å². The number of hydrogen-bond acceptors (Lipinski definition) is 1. The molecule has 1 rings (SSSR count). The monoisotopic (exact) mass is 190 g/mol. The minimum absolute atomic E-state index is 0.0808. The fraction of sp³-hybridized carbons (Fsp3) is 0.462. The maximum atomic E-state index is 11.1. The van der Waals surface area contributed by atoms with Gasteiger partial charge >= 0.3 is 0 Å². The van der Waals surface area contributed by atoms with E-state index >= 15 is 0 Å². The van der Waals surface area contributed by atoms with E-state index in [4.69, 9.17) is 0 Å². The standard InChI is InChI=1S/C13H18O/c1-4-8-13(11(3)5-2)9-6-12(14)7-10-13/h4-6,9,11H,1-2,7-8,10H2,3H3/t11?,13-/m1/s1. The topological polar surface area (TPSA) is 17.1 Å². The lowest BCUT2D eigenvalue weighted by atomic mass is 9.68. The lowest BCUT2D eigenvalue weighted by molar-refractivity contribution is -0.115. The Hall–Kier alpha value is -1.11. The van der Waals surface area contributed by atoms with Crippen molar-refractivity contribution in [2.24, 2.45) is 11.3 Å². The number of allylic oxidation sites excluding steroid dienone is 4. The van der Waals surface area contributed by atoms with E-state index in [2.05, 4.69) is 20.1 Å². The molecule has 0 aliphatic heterocycles. The summed E-state index contributed by atoms with van der Waals surface area (Å²) in [4.78, 5) is 11.1. The van der Waals surface area contributed by atoms with E-state index in [0.717, 1.165) is 12.8 Å². The van der Waals surface area contributed by atoms with Crippen LogP contribution in [-0.4, -0.2) is 5.78 Å². The number of rotatable bonds is 4. The molecular weight excluding hydrogens is 172 g/mol. The highest BCUT2D eigenvalue weighted by molar-refractivity contribution is 5.90. The average molecular weight is 190 g/mol. The molecule has 1 aliphatic rings. The van der Waals surface area contributed by atoms with Crippen LogP contribution in [0.3, 0.4) is 0 Å². The predicted octanol–water partition coefficient (Wildman–Crippen LogP) is 3.29. The Bertz CT molecular complexity index is 275. The quantitative estimate of drug-likeness (QED) is 0.622. The van der Waals surface area contributed by atoms with E-state index in [1.165, 1.54) is 0 Å². The summed E-state index contributed by atoms with van der Waals surface area (Å²) in [5.41, 5.74) is 0.0808. The molecule has 0 spiro atoms. The third-order valence-electron chi connectivity index (χ3n) is 3.22. The van der Waals surface area contributed by atoms with Crippen molar-refractivity contribution >= 4 is 5.78 Å². The molecule has 0 fully saturated rings. The molecule has 1 aliphatic carbocycles. The fourth-order valence-electron chi connectivity index (χ4n) is 2.02. The zero-order chi connectivity index (χ0) is 10.6. The Balaban J connectivity index is 2.92. The van der Waals surface area contributed by atoms with Gasteiger partial charge in [0.05, 0.1) is 0 Å². The van der Waals surface area contributed by atoms with Crippen LogP contribution in [0.5, 0.6) is 0 Å². The van der Waals surface area contributed by atoms with E-state index in [0.29, 0.717) is 12.3 Å². The van der Waals surface area contributed by atoms with E-state index in [-0.39, 0.29) is 11.2 Å². The Kier molecular flexibility index (Phi) is 3.45. The van der Waals surface area contributed by atoms with Crippen LogP contribution >= 0.6 is 0 Å². The number of carbonyl (C=O) groups is 1.